The molecule has 0 fully saturated rings. The molecule has 0 heterocycles. The second-order valence-electron chi connectivity index (χ2n) is 5.99. The Bertz CT molecular complexity index is 693. The summed E-state index contributed by atoms with van der Waals surface area (Å²) in [5.74, 6) is -1.35. The Balaban J connectivity index is 3.10. The summed E-state index contributed by atoms with van der Waals surface area (Å²) < 4.78 is 16.3. The number of hydrogen-bond acceptors (Lipinski definition) is 6. The number of urea groups is 1. The fourth-order valence-electron chi connectivity index (χ4n) is 2.16. The third kappa shape index (κ3) is 6.63. The summed E-state index contributed by atoms with van der Waals surface area (Å²) in [6.45, 7) is 7.84. The number of nitrogens with two attached hydrogens (primary N) is 1. The van der Waals surface area contributed by atoms with Crippen LogP contribution in [0.4, 0.5) is 4.79 Å². The fourth-order valence-corrected chi connectivity index (χ4v) is 2.43. The molecule has 1 atom stereocenters. The molecule has 0 radical (unpaired) electrons. The van der Waals surface area contributed by atoms with Crippen LogP contribution in [0.1, 0.15) is 44.5 Å². The molecule has 0 bridgehead atoms. The van der Waals surface area contributed by atoms with Crippen molar-refractivity contribution in [3.05, 3.63) is 22.7 Å². The first kappa shape index (κ1) is 22.6. The van der Waals surface area contributed by atoms with Gasteiger partial charge in [0.1, 0.15) is 0 Å². The summed E-state index contributed by atoms with van der Waals surface area (Å²) in [7, 11) is 0. The number of esters is 1. The summed E-state index contributed by atoms with van der Waals surface area (Å²) >= 11 is 6.23. The van der Waals surface area contributed by atoms with Gasteiger partial charge in [0.15, 0.2) is 17.6 Å². The van der Waals surface area contributed by atoms with Gasteiger partial charge >= 0.3 is 12.0 Å². The predicted molar refractivity (Wildman–Crippen MR) is 100 cm³/mol. The highest BCUT2D eigenvalue weighted by molar-refractivity contribution is 6.32. The van der Waals surface area contributed by atoms with Crippen molar-refractivity contribution >= 4 is 29.5 Å². The van der Waals surface area contributed by atoms with Crippen molar-refractivity contribution in [2.45, 2.75) is 40.2 Å². The molecule has 0 saturated carbocycles. The van der Waals surface area contributed by atoms with E-state index in [1.165, 1.54) is 12.1 Å². The van der Waals surface area contributed by atoms with Crippen LogP contribution < -0.4 is 20.5 Å². The Morgan fingerprint density at radius 1 is 1.19 bits per heavy atom. The van der Waals surface area contributed by atoms with Gasteiger partial charge in [0.2, 0.25) is 0 Å². The van der Waals surface area contributed by atoms with Crippen molar-refractivity contribution in [3.63, 3.8) is 0 Å². The van der Waals surface area contributed by atoms with Gasteiger partial charge in [-0.3, -0.25) is 10.1 Å². The maximum atomic E-state index is 12.5. The van der Waals surface area contributed by atoms with E-state index in [1.807, 2.05) is 12.2 Å². The Kier molecular flexibility index (Phi) is 8.87. The zero-order valence-electron chi connectivity index (χ0n) is 15.8. The first-order chi connectivity index (χ1) is 12.7. The Morgan fingerprint density at radius 2 is 1.85 bits per heavy atom. The maximum absolute atomic E-state index is 12.5. The summed E-state index contributed by atoms with van der Waals surface area (Å²) in [6, 6.07) is 1.79. The molecule has 27 heavy (non-hydrogen) atoms. The Hall–Kier alpha value is -2.48. The molecule has 9 heteroatoms. The van der Waals surface area contributed by atoms with Crippen LogP contribution >= 0.6 is 11.6 Å². The van der Waals surface area contributed by atoms with Gasteiger partial charge in [0, 0.05) is 0 Å². The van der Waals surface area contributed by atoms with Crippen LogP contribution in [0, 0.1) is 5.92 Å². The SMILES string of the molecule is CCCOc1c(Cl)cc(C(=O)O[C@@H](C(=O)NC(N)=O)C(C)C)cc1OCC. The summed E-state index contributed by atoms with van der Waals surface area (Å²) in [6.07, 6.45) is -0.424. The van der Waals surface area contributed by atoms with Gasteiger partial charge in [-0.05, 0) is 31.4 Å². The lowest BCUT2D eigenvalue weighted by molar-refractivity contribution is -0.130. The van der Waals surface area contributed by atoms with Crippen molar-refractivity contribution in [1.82, 2.24) is 5.32 Å². The molecule has 0 unspecified atom stereocenters. The molecule has 3 N–H and O–H groups in total. The van der Waals surface area contributed by atoms with Crippen LogP contribution in [0.5, 0.6) is 11.5 Å². The molecule has 3 amide bonds. The molecule has 8 nitrogen and oxygen atoms in total. The number of ether oxygens (including phenoxy) is 3. The lowest BCUT2D eigenvalue weighted by Gasteiger charge is -2.20. The quantitative estimate of drug-likeness (QED) is 0.615. The van der Waals surface area contributed by atoms with E-state index in [0.29, 0.717) is 24.7 Å². The number of rotatable bonds is 9. The molecule has 0 aromatic heterocycles. The summed E-state index contributed by atoms with van der Waals surface area (Å²) in [4.78, 5) is 35.4. The van der Waals surface area contributed by atoms with Crippen LogP contribution in [0.25, 0.3) is 0 Å². The van der Waals surface area contributed by atoms with E-state index in [0.717, 1.165) is 6.42 Å². The number of carbonyl (C=O) groups excluding carboxylic acids is 3. The van der Waals surface area contributed by atoms with Crippen molar-refractivity contribution in [1.29, 1.82) is 0 Å². The number of hydrogen-bond donors (Lipinski definition) is 2. The lowest BCUT2D eigenvalue weighted by Crippen LogP contribution is -2.45. The van der Waals surface area contributed by atoms with Crippen LogP contribution in [0.2, 0.25) is 5.02 Å². The number of carbonyl (C=O) groups is 3. The molecule has 1 rings (SSSR count). The number of halogens is 1. The van der Waals surface area contributed by atoms with Gasteiger partial charge in [-0.2, -0.15) is 0 Å². The van der Waals surface area contributed by atoms with Crippen LogP contribution in [-0.4, -0.2) is 37.2 Å². The van der Waals surface area contributed by atoms with Crippen molar-refractivity contribution in [2.24, 2.45) is 11.7 Å². The number of primary amides is 1. The summed E-state index contributed by atoms with van der Waals surface area (Å²) in [5, 5.41) is 2.09. The van der Waals surface area contributed by atoms with Crippen LogP contribution in [0.15, 0.2) is 12.1 Å². The molecular weight excluding hydrogens is 376 g/mol. The third-order valence-electron chi connectivity index (χ3n) is 3.34. The second kappa shape index (κ2) is 10.6. The van der Waals surface area contributed by atoms with Gasteiger partial charge in [-0.1, -0.05) is 32.4 Å². The minimum atomic E-state index is -1.20. The van der Waals surface area contributed by atoms with E-state index >= 15 is 0 Å². The third-order valence-corrected chi connectivity index (χ3v) is 3.62. The Labute approximate surface area is 163 Å². The maximum Gasteiger partial charge on any atom is 0.339 e. The first-order valence-electron chi connectivity index (χ1n) is 8.61. The summed E-state index contributed by atoms with van der Waals surface area (Å²) in [5.41, 5.74) is 5.03. The van der Waals surface area contributed by atoms with E-state index in [-0.39, 0.29) is 16.5 Å². The lowest BCUT2D eigenvalue weighted by atomic mass is 10.1. The predicted octanol–water partition coefficient (Wildman–Crippen LogP) is 2.90. The van der Waals surface area contributed by atoms with Gasteiger partial charge in [-0.25, -0.2) is 9.59 Å². The number of nitrogens with one attached hydrogen (secondary N) is 1. The van der Waals surface area contributed by atoms with E-state index < -0.39 is 24.0 Å². The monoisotopic (exact) mass is 400 g/mol. The molecule has 1 aromatic carbocycles. The minimum Gasteiger partial charge on any atom is -0.490 e. The average Bonchev–Trinajstić information content (AvgIpc) is 2.57. The van der Waals surface area contributed by atoms with Gasteiger partial charge in [-0.15, -0.1) is 0 Å². The number of amides is 3. The van der Waals surface area contributed by atoms with E-state index in [1.54, 1.807) is 20.8 Å². The van der Waals surface area contributed by atoms with Crippen LogP contribution in [0.3, 0.4) is 0 Å². The zero-order valence-corrected chi connectivity index (χ0v) is 16.6. The molecule has 0 spiro atoms. The molecule has 0 saturated heterocycles. The highest BCUT2D eigenvalue weighted by Crippen LogP contribution is 2.37. The molecule has 0 aliphatic carbocycles. The van der Waals surface area contributed by atoms with Crippen molar-refractivity contribution in [2.75, 3.05) is 13.2 Å². The molecule has 0 aliphatic heterocycles. The Morgan fingerprint density at radius 3 is 2.37 bits per heavy atom. The average molecular weight is 401 g/mol. The molecular formula is C18H25ClN2O6. The minimum absolute atomic E-state index is 0.0878. The van der Waals surface area contributed by atoms with Crippen molar-refractivity contribution in [3.8, 4) is 11.5 Å². The van der Waals surface area contributed by atoms with Gasteiger partial charge < -0.3 is 19.9 Å². The normalized spacial score (nSPS) is 11.6. The highest BCUT2D eigenvalue weighted by Gasteiger charge is 2.28. The van der Waals surface area contributed by atoms with Crippen molar-refractivity contribution < 1.29 is 28.6 Å². The second-order valence-corrected chi connectivity index (χ2v) is 6.40. The van der Waals surface area contributed by atoms with E-state index in [9.17, 15) is 14.4 Å². The van der Waals surface area contributed by atoms with E-state index in [2.05, 4.69) is 0 Å². The number of benzene rings is 1. The molecule has 1 aromatic rings. The topological polar surface area (TPSA) is 117 Å². The fraction of sp³-hybridized carbons (Fsp3) is 0.500. The van der Waals surface area contributed by atoms with Gasteiger partial charge in [0.05, 0.1) is 23.8 Å². The first-order valence-corrected chi connectivity index (χ1v) is 8.99. The van der Waals surface area contributed by atoms with Crippen LogP contribution in [-0.2, 0) is 9.53 Å². The van der Waals surface area contributed by atoms with E-state index in [4.69, 9.17) is 31.5 Å². The molecule has 150 valence electrons. The molecule has 0 aliphatic rings. The number of imide groups is 1. The standard InChI is InChI=1S/C18H25ClN2O6/c1-5-7-26-15-12(19)8-11(9-13(15)25-6-2)17(23)27-14(10(3)4)16(22)21-18(20)24/h8-10,14H,5-7H2,1-4H3,(H3,20,21,22,24)/t14-/m1/s1. The smallest absolute Gasteiger partial charge is 0.339 e. The van der Waals surface area contributed by atoms with Gasteiger partial charge in [0.25, 0.3) is 5.91 Å². The zero-order chi connectivity index (χ0) is 20.6. The highest BCUT2D eigenvalue weighted by atomic mass is 35.5. The largest absolute Gasteiger partial charge is 0.490 e.